The van der Waals surface area contributed by atoms with Gasteiger partial charge < -0.3 is 34.6 Å². The SMILES string of the molecule is CCc1cc(Nc2ncc(Br)c(Nc3ccc4nccnc4c3P(C)(C)=O)n2)c(OC)cc1N1CCC(N2CCN(CCC3CCN(c4ccc(C5CCC(=O)NC5=O)c(F)c4)CC3)CC2)CC1. The normalized spacial score (nSPS) is 19.4. The minimum Gasteiger partial charge on any atom is -0.494 e. The highest BCUT2D eigenvalue weighted by atomic mass is 79.9. The lowest BCUT2D eigenvalue weighted by atomic mass is 9.89. The number of ether oxygens (including phenoxy) is 1. The zero-order valence-electron chi connectivity index (χ0n) is 39.4. The molecule has 68 heavy (non-hydrogen) atoms. The average molecular weight is 1010 g/mol. The van der Waals surface area contributed by atoms with Gasteiger partial charge in [-0.05, 0) is 123 Å². The van der Waals surface area contributed by atoms with Crippen LogP contribution in [0.2, 0.25) is 0 Å². The molecule has 0 bridgehead atoms. The van der Waals surface area contributed by atoms with Gasteiger partial charge >= 0.3 is 0 Å². The average Bonchev–Trinajstić information content (AvgIpc) is 3.34. The van der Waals surface area contributed by atoms with Crippen molar-refractivity contribution in [1.29, 1.82) is 0 Å². The minimum absolute atomic E-state index is 0.237. The fourth-order valence-electron chi connectivity index (χ4n) is 10.5. The molecule has 3 aromatic carbocycles. The van der Waals surface area contributed by atoms with Gasteiger partial charge in [0.15, 0.2) is 0 Å². The van der Waals surface area contributed by atoms with Crippen molar-refractivity contribution >= 4 is 85.7 Å². The first-order valence-electron chi connectivity index (χ1n) is 24.0. The molecule has 1 unspecified atom stereocenters. The van der Waals surface area contributed by atoms with E-state index < -0.39 is 19.0 Å². The van der Waals surface area contributed by atoms with Crippen molar-refractivity contribution in [3.63, 3.8) is 0 Å². The molecule has 5 aromatic rings. The van der Waals surface area contributed by atoms with E-state index >= 15 is 4.39 Å². The first kappa shape index (κ1) is 47.8. The highest BCUT2D eigenvalue weighted by Crippen LogP contribution is 2.42. The summed E-state index contributed by atoms with van der Waals surface area (Å²) in [6.45, 7) is 14.9. The summed E-state index contributed by atoms with van der Waals surface area (Å²) >= 11 is 3.61. The fraction of sp³-hybridized carbons (Fsp3) is 0.480. The number of hydrogen-bond acceptors (Lipinski definition) is 14. The van der Waals surface area contributed by atoms with Gasteiger partial charge in [0.25, 0.3) is 0 Å². The molecule has 0 aliphatic carbocycles. The van der Waals surface area contributed by atoms with Crippen LogP contribution in [0.4, 0.5) is 38.9 Å². The summed E-state index contributed by atoms with van der Waals surface area (Å²) in [6, 6.07) is 13.8. The Morgan fingerprint density at radius 1 is 0.868 bits per heavy atom. The lowest BCUT2D eigenvalue weighted by Crippen LogP contribution is -2.53. The van der Waals surface area contributed by atoms with Crippen molar-refractivity contribution < 1.29 is 23.3 Å². The van der Waals surface area contributed by atoms with Crippen LogP contribution in [0.25, 0.3) is 11.0 Å². The number of piperazine rings is 1. The Morgan fingerprint density at radius 2 is 1.62 bits per heavy atom. The molecule has 4 aliphatic rings. The van der Waals surface area contributed by atoms with E-state index in [-0.39, 0.29) is 18.1 Å². The number of nitrogens with one attached hydrogen (secondary N) is 3. The van der Waals surface area contributed by atoms with Crippen LogP contribution in [0.15, 0.2) is 65.5 Å². The molecule has 4 aliphatic heterocycles. The Hall–Kier alpha value is -5.22. The Labute approximate surface area is 406 Å². The zero-order chi connectivity index (χ0) is 47.5. The molecule has 1 atom stereocenters. The van der Waals surface area contributed by atoms with Gasteiger partial charge in [-0.15, -0.1) is 0 Å². The predicted molar refractivity (Wildman–Crippen MR) is 272 cm³/mol. The van der Waals surface area contributed by atoms with E-state index in [9.17, 15) is 14.2 Å². The number of amides is 2. The lowest BCUT2D eigenvalue weighted by molar-refractivity contribution is -0.134. The molecule has 6 heterocycles. The second kappa shape index (κ2) is 20.8. The van der Waals surface area contributed by atoms with E-state index in [0.29, 0.717) is 68.0 Å². The highest BCUT2D eigenvalue weighted by Gasteiger charge is 2.32. The molecule has 0 radical (unpaired) electrons. The van der Waals surface area contributed by atoms with Crippen LogP contribution >= 0.6 is 23.1 Å². The third-order valence-electron chi connectivity index (χ3n) is 14.3. The van der Waals surface area contributed by atoms with E-state index in [1.807, 2.05) is 18.2 Å². The smallest absolute Gasteiger partial charge is 0.234 e. The second-order valence-corrected chi connectivity index (χ2v) is 22.9. The van der Waals surface area contributed by atoms with E-state index in [0.717, 1.165) is 102 Å². The quantitative estimate of drug-likeness (QED) is 0.0724. The van der Waals surface area contributed by atoms with Gasteiger partial charge in [0.1, 0.15) is 30.0 Å². The molecule has 2 aromatic heterocycles. The molecule has 4 saturated heterocycles. The molecule has 0 saturated carbocycles. The van der Waals surface area contributed by atoms with Gasteiger partial charge in [0, 0.05) is 106 Å². The molecule has 4 fully saturated rings. The molecule has 3 N–H and O–H groups in total. The van der Waals surface area contributed by atoms with Gasteiger partial charge in [-0.25, -0.2) is 9.37 Å². The number of nitrogens with zero attached hydrogens (tertiary/aromatic N) is 8. The molecule has 18 heteroatoms. The van der Waals surface area contributed by atoms with E-state index in [2.05, 4.69) is 85.5 Å². The largest absolute Gasteiger partial charge is 0.494 e. The van der Waals surface area contributed by atoms with Crippen molar-refractivity contribution in [3.05, 3.63) is 82.5 Å². The molecular formula is C50H62BrFN11O4P. The Kier molecular flexibility index (Phi) is 14.6. The van der Waals surface area contributed by atoms with Crippen LogP contribution in [0.3, 0.4) is 0 Å². The van der Waals surface area contributed by atoms with Crippen molar-refractivity contribution in [3.8, 4) is 5.75 Å². The number of carbonyl (C=O) groups excluding carboxylic acids is 2. The van der Waals surface area contributed by atoms with Gasteiger partial charge in [0.05, 0.1) is 39.7 Å². The number of piperidine rings is 3. The topological polar surface area (TPSA) is 161 Å². The number of methoxy groups -OCH3 is 1. The Balaban J connectivity index is 0.747. The van der Waals surface area contributed by atoms with E-state index in [4.69, 9.17) is 9.72 Å². The maximum Gasteiger partial charge on any atom is 0.234 e. The Morgan fingerprint density at radius 3 is 2.32 bits per heavy atom. The number of carbonyl (C=O) groups is 2. The number of benzene rings is 3. The van der Waals surface area contributed by atoms with Crippen LogP contribution in [0.1, 0.15) is 68.9 Å². The number of rotatable bonds is 14. The molecular weight excluding hydrogens is 948 g/mol. The van der Waals surface area contributed by atoms with Gasteiger partial charge in [-0.2, -0.15) is 4.98 Å². The molecule has 2 amide bonds. The number of imide groups is 1. The minimum atomic E-state index is -2.77. The first-order valence-corrected chi connectivity index (χ1v) is 27.4. The summed E-state index contributed by atoms with van der Waals surface area (Å²) in [5, 5.41) is 9.77. The van der Waals surface area contributed by atoms with Crippen molar-refractivity contribution in [1.82, 2.24) is 35.1 Å². The highest BCUT2D eigenvalue weighted by molar-refractivity contribution is 9.10. The first-order chi connectivity index (χ1) is 32.8. The summed E-state index contributed by atoms with van der Waals surface area (Å²) in [4.78, 5) is 52.4. The van der Waals surface area contributed by atoms with Crippen molar-refractivity contribution in [2.24, 2.45) is 5.92 Å². The summed E-state index contributed by atoms with van der Waals surface area (Å²) in [5.41, 5.74) is 6.37. The van der Waals surface area contributed by atoms with Crippen LogP contribution < -0.4 is 35.8 Å². The fourth-order valence-corrected chi connectivity index (χ4v) is 12.2. The van der Waals surface area contributed by atoms with Crippen molar-refractivity contribution in [2.45, 2.75) is 70.3 Å². The van der Waals surface area contributed by atoms with E-state index in [1.54, 1.807) is 51.2 Å². The molecule has 15 nitrogen and oxygen atoms in total. The van der Waals surface area contributed by atoms with E-state index in [1.165, 1.54) is 17.7 Å². The Bertz CT molecular complexity index is 2700. The monoisotopic (exact) mass is 1010 g/mol. The third-order valence-corrected chi connectivity index (χ3v) is 16.4. The standard InChI is InChI=1S/C50H62BrFN11O4P/c1-5-33-28-42(57-50-55-31-38(51)48(59-50)56-41-10-9-40-46(54-18-17-53-40)47(41)68(3,4)66)44(67-2)30-43(33)63-22-15-34(16-23-63)62-26-24-60(25-27-62)19-12-32-13-20-61(21-14-32)35-6-7-36(39(52)29-35)37-8-11-45(64)58-49(37)65/h6-7,9-10,17-18,28-32,34,37H,5,8,11-16,19-27H2,1-4H3,(H,58,64,65)(H2,55,56,57,59). The van der Waals surface area contributed by atoms with Gasteiger partial charge in [-0.1, -0.05) is 13.0 Å². The second-order valence-electron chi connectivity index (χ2n) is 18.9. The molecule has 0 spiro atoms. The lowest BCUT2D eigenvalue weighted by Gasteiger charge is -2.44. The summed E-state index contributed by atoms with van der Waals surface area (Å²) in [5.74, 6) is 0.593. The maximum absolute atomic E-state index is 15.2. The maximum atomic E-state index is 15.2. The van der Waals surface area contributed by atoms with Crippen LogP contribution in [-0.4, -0.2) is 127 Å². The molecule has 9 rings (SSSR count). The number of aromatic nitrogens is 4. The number of hydrogen-bond donors (Lipinski definition) is 3. The number of aryl methyl sites for hydroxylation is 1. The third kappa shape index (κ3) is 10.7. The summed E-state index contributed by atoms with van der Waals surface area (Å²) in [6.07, 6.45) is 12.0. The van der Waals surface area contributed by atoms with Crippen LogP contribution in [0, 0.1) is 11.7 Å². The number of anilines is 6. The van der Waals surface area contributed by atoms with Gasteiger partial charge in [0.2, 0.25) is 17.8 Å². The van der Waals surface area contributed by atoms with Gasteiger partial charge in [-0.3, -0.25) is 29.8 Å². The predicted octanol–water partition coefficient (Wildman–Crippen LogP) is 8.04. The summed E-state index contributed by atoms with van der Waals surface area (Å²) in [7, 11) is -1.08. The van der Waals surface area contributed by atoms with Crippen LogP contribution in [0.5, 0.6) is 5.75 Å². The van der Waals surface area contributed by atoms with Crippen molar-refractivity contribution in [2.75, 3.05) is 99.8 Å². The zero-order valence-corrected chi connectivity index (χ0v) is 41.9. The number of fused-ring (bicyclic) bond motifs is 1. The summed E-state index contributed by atoms with van der Waals surface area (Å²) < 4.78 is 35.4. The molecule has 360 valence electrons. The van der Waals surface area contributed by atoms with Crippen LogP contribution in [-0.2, 0) is 20.6 Å². The number of halogens is 2.